The fraction of sp³-hybridized carbons (Fsp3) is 0.143. The molecule has 2 aromatic carbocycles. The molecule has 82 valence electrons. The van der Waals surface area contributed by atoms with Crippen LogP contribution < -0.4 is 0 Å². The number of rotatable bonds is 1. The van der Waals surface area contributed by atoms with Gasteiger partial charge in [-0.2, -0.15) is 0 Å². The van der Waals surface area contributed by atoms with E-state index >= 15 is 0 Å². The summed E-state index contributed by atoms with van der Waals surface area (Å²) in [4.78, 5) is 1.98. The molecule has 0 aliphatic carbocycles. The fourth-order valence-electron chi connectivity index (χ4n) is 1.73. The summed E-state index contributed by atoms with van der Waals surface area (Å²) in [5.74, 6) is 0. The van der Waals surface area contributed by atoms with Crippen molar-refractivity contribution in [1.29, 1.82) is 0 Å². The molecule has 0 heterocycles. The highest BCUT2D eigenvalue weighted by molar-refractivity contribution is 7.80. The zero-order valence-corrected chi connectivity index (χ0v) is 11.1. The number of hydrogen-bond donors (Lipinski definition) is 2. The van der Waals surface area contributed by atoms with Gasteiger partial charge in [-0.1, -0.05) is 35.4 Å². The summed E-state index contributed by atoms with van der Waals surface area (Å²) >= 11 is 9.01. The molecule has 0 amide bonds. The van der Waals surface area contributed by atoms with Crippen molar-refractivity contribution in [3.05, 3.63) is 47.5 Å². The summed E-state index contributed by atoms with van der Waals surface area (Å²) in [7, 11) is 0. The van der Waals surface area contributed by atoms with Gasteiger partial charge in [0.25, 0.3) is 0 Å². The lowest BCUT2D eigenvalue weighted by Crippen LogP contribution is -1.85. The van der Waals surface area contributed by atoms with Gasteiger partial charge in [0.15, 0.2) is 0 Å². The highest BCUT2D eigenvalue weighted by Gasteiger charge is 2.06. The monoisotopic (exact) mass is 246 g/mol. The smallest absolute Gasteiger partial charge is 0.0119 e. The third kappa shape index (κ3) is 2.28. The Morgan fingerprint density at radius 1 is 0.688 bits per heavy atom. The van der Waals surface area contributed by atoms with Gasteiger partial charge in [-0.25, -0.2) is 0 Å². The lowest BCUT2D eigenvalue weighted by Gasteiger charge is -2.10. The van der Waals surface area contributed by atoms with Gasteiger partial charge in [0, 0.05) is 9.79 Å². The number of benzene rings is 2. The third-order valence-electron chi connectivity index (χ3n) is 2.59. The van der Waals surface area contributed by atoms with E-state index in [1.165, 1.54) is 11.1 Å². The summed E-state index contributed by atoms with van der Waals surface area (Å²) < 4.78 is 0. The summed E-state index contributed by atoms with van der Waals surface area (Å²) in [6.45, 7) is 4.18. The zero-order valence-electron chi connectivity index (χ0n) is 9.36. The van der Waals surface area contributed by atoms with Crippen LogP contribution in [0, 0.1) is 13.8 Å². The Labute approximate surface area is 108 Å². The molecular formula is C14H14S2. The zero-order chi connectivity index (χ0) is 11.7. The summed E-state index contributed by atoms with van der Waals surface area (Å²) in [5.41, 5.74) is 4.78. The maximum absolute atomic E-state index is 4.50. The van der Waals surface area contributed by atoms with E-state index < -0.39 is 0 Å². The molecule has 2 aromatic rings. The van der Waals surface area contributed by atoms with Crippen LogP contribution in [0.25, 0.3) is 11.1 Å². The Hall–Kier alpha value is -0.860. The highest BCUT2D eigenvalue weighted by atomic mass is 32.1. The van der Waals surface area contributed by atoms with Gasteiger partial charge < -0.3 is 0 Å². The van der Waals surface area contributed by atoms with E-state index in [1.54, 1.807) is 0 Å². The maximum atomic E-state index is 4.50. The summed E-state index contributed by atoms with van der Waals surface area (Å²) in [6, 6.07) is 12.5. The molecule has 0 aromatic heterocycles. The SMILES string of the molecule is Cc1ccc(S)c(-c2cc(C)ccc2S)c1. The van der Waals surface area contributed by atoms with Crippen LogP contribution in [0.4, 0.5) is 0 Å². The van der Waals surface area contributed by atoms with Crippen molar-refractivity contribution in [1.82, 2.24) is 0 Å². The minimum absolute atomic E-state index is 0.992. The molecule has 2 heteroatoms. The molecule has 0 nitrogen and oxygen atoms in total. The van der Waals surface area contributed by atoms with Gasteiger partial charge >= 0.3 is 0 Å². The maximum Gasteiger partial charge on any atom is 0.0119 e. The minimum Gasteiger partial charge on any atom is -0.143 e. The van der Waals surface area contributed by atoms with Crippen molar-refractivity contribution in [2.75, 3.05) is 0 Å². The third-order valence-corrected chi connectivity index (χ3v) is 3.37. The number of thiol groups is 2. The van der Waals surface area contributed by atoms with Crippen LogP contribution in [0.3, 0.4) is 0 Å². The largest absolute Gasteiger partial charge is 0.143 e. The predicted molar refractivity (Wildman–Crippen MR) is 75.9 cm³/mol. The van der Waals surface area contributed by atoms with Crippen LogP contribution in [0.5, 0.6) is 0 Å². The van der Waals surface area contributed by atoms with E-state index in [-0.39, 0.29) is 0 Å². The van der Waals surface area contributed by atoms with E-state index in [1.807, 2.05) is 12.1 Å². The molecule has 0 atom stereocenters. The van der Waals surface area contributed by atoms with E-state index in [2.05, 4.69) is 63.4 Å². The second kappa shape index (κ2) is 4.56. The molecule has 0 aliphatic rings. The first-order valence-electron chi connectivity index (χ1n) is 5.17. The summed E-state index contributed by atoms with van der Waals surface area (Å²) in [6.07, 6.45) is 0. The second-order valence-electron chi connectivity index (χ2n) is 4.04. The molecular weight excluding hydrogens is 232 g/mol. The Balaban J connectivity index is 2.66. The minimum atomic E-state index is 0.992. The number of hydrogen-bond acceptors (Lipinski definition) is 2. The van der Waals surface area contributed by atoms with E-state index in [4.69, 9.17) is 0 Å². The number of aryl methyl sites for hydroxylation is 2. The quantitative estimate of drug-likeness (QED) is 0.678. The van der Waals surface area contributed by atoms with E-state index in [0.29, 0.717) is 0 Å². The molecule has 0 saturated heterocycles. The molecule has 0 saturated carbocycles. The van der Waals surface area contributed by atoms with Gasteiger partial charge in [0.05, 0.1) is 0 Å². The van der Waals surface area contributed by atoms with Gasteiger partial charge in [-0.3, -0.25) is 0 Å². The Morgan fingerprint density at radius 3 is 1.44 bits per heavy atom. The van der Waals surface area contributed by atoms with Crippen molar-refractivity contribution in [3.8, 4) is 11.1 Å². The normalized spacial score (nSPS) is 10.5. The van der Waals surface area contributed by atoms with Crippen LogP contribution in [0.15, 0.2) is 46.2 Å². The first-order valence-corrected chi connectivity index (χ1v) is 6.07. The highest BCUT2D eigenvalue weighted by Crippen LogP contribution is 2.32. The second-order valence-corrected chi connectivity index (χ2v) is 5.00. The molecule has 0 radical (unpaired) electrons. The molecule has 0 bridgehead atoms. The van der Waals surface area contributed by atoms with Crippen molar-refractivity contribution < 1.29 is 0 Å². The average molecular weight is 246 g/mol. The van der Waals surface area contributed by atoms with Crippen LogP contribution >= 0.6 is 25.3 Å². The molecule has 0 spiro atoms. The molecule has 0 unspecified atom stereocenters. The lowest BCUT2D eigenvalue weighted by atomic mass is 10.0. The van der Waals surface area contributed by atoms with Crippen molar-refractivity contribution in [2.24, 2.45) is 0 Å². The molecule has 0 aliphatic heterocycles. The van der Waals surface area contributed by atoms with Crippen molar-refractivity contribution in [3.63, 3.8) is 0 Å². The van der Waals surface area contributed by atoms with Crippen LogP contribution in [-0.2, 0) is 0 Å². The Kier molecular flexibility index (Phi) is 3.31. The topological polar surface area (TPSA) is 0 Å². The van der Waals surface area contributed by atoms with Crippen molar-refractivity contribution >= 4 is 25.3 Å². The standard InChI is InChI=1S/C14H14S2/c1-9-3-5-13(15)11(7-9)12-8-10(2)4-6-14(12)16/h3-8,15-16H,1-2H3. The van der Waals surface area contributed by atoms with Gasteiger partial charge in [0.1, 0.15) is 0 Å². The molecule has 0 fully saturated rings. The molecule has 16 heavy (non-hydrogen) atoms. The summed E-state index contributed by atoms with van der Waals surface area (Å²) in [5, 5.41) is 0. The van der Waals surface area contributed by atoms with Crippen LogP contribution in [0.1, 0.15) is 11.1 Å². The van der Waals surface area contributed by atoms with Gasteiger partial charge in [0.2, 0.25) is 0 Å². The fourth-order valence-corrected chi connectivity index (χ4v) is 2.25. The predicted octanol–water partition coefficient (Wildman–Crippen LogP) is 4.55. The first kappa shape index (κ1) is 11.6. The first-order chi connectivity index (χ1) is 7.58. The Bertz CT molecular complexity index is 481. The Morgan fingerprint density at radius 2 is 1.06 bits per heavy atom. The van der Waals surface area contributed by atoms with Crippen LogP contribution in [-0.4, -0.2) is 0 Å². The molecule has 0 N–H and O–H groups in total. The van der Waals surface area contributed by atoms with Crippen LogP contribution in [0.2, 0.25) is 0 Å². The van der Waals surface area contributed by atoms with Gasteiger partial charge in [-0.15, -0.1) is 25.3 Å². The van der Waals surface area contributed by atoms with E-state index in [9.17, 15) is 0 Å². The lowest BCUT2D eigenvalue weighted by molar-refractivity contribution is 1.32. The van der Waals surface area contributed by atoms with Crippen molar-refractivity contribution in [2.45, 2.75) is 23.6 Å². The molecule has 2 rings (SSSR count). The van der Waals surface area contributed by atoms with E-state index in [0.717, 1.165) is 20.9 Å². The van der Waals surface area contributed by atoms with Gasteiger partial charge in [-0.05, 0) is 37.1 Å². The average Bonchev–Trinajstić information content (AvgIpc) is 2.25.